The van der Waals surface area contributed by atoms with Gasteiger partial charge in [0.1, 0.15) is 5.82 Å². The summed E-state index contributed by atoms with van der Waals surface area (Å²) in [7, 11) is 0. The summed E-state index contributed by atoms with van der Waals surface area (Å²) in [6.45, 7) is 7.00. The van der Waals surface area contributed by atoms with Crippen molar-refractivity contribution in [3.05, 3.63) is 47.0 Å². The summed E-state index contributed by atoms with van der Waals surface area (Å²) in [5.41, 5.74) is 4.74. The Morgan fingerprint density at radius 1 is 1.32 bits per heavy atom. The molecule has 0 spiro atoms. The van der Waals surface area contributed by atoms with Gasteiger partial charge >= 0.3 is 0 Å². The molecule has 1 aromatic heterocycles. The summed E-state index contributed by atoms with van der Waals surface area (Å²) in [6, 6.07) is 8.59. The normalized spacial score (nSPS) is 10.7. The van der Waals surface area contributed by atoms with E-state index in [-0.39, 0.29) is 0 Å². The zero-order valence-corrected chi connectivity index (χ0v) is 12.6. The summed E-state index contributed by atoms with van der Waals surface area (Å²) >= 11 is 1.94. The summed E-state index contributed by atoms with van der Waals surface area (Å²) in [4.78, 5) is 7.76. The van der Waals surface area contributed by atoms with Crippen LogP contribution in [0.3, 0.4) is 0 Å². The molecule has 0 atom stereocenters. The second-order valence-electron chi connectivity index (χ2n) is 4.58. The fourth-order valence-electron chi connectivity index (χ4n) is 1.88. The SMILES string of the molecule is CCSCc1cccc(NCc2nc(C)c(C)[nH]2)c1. The Morgan fingerprint density at radius 2 is 2.16 bits per heavy atom. The highest BCUT2D eigenvalue weighted by molar-refractivity contribution is 7.98. The number of benzene rings is 1. The minimum absolute atomic E-state index is 0.735. The molecule has 19 heavy (non-hydrogen) atoms. The van der Waals surface area contributed by atoms with E-state index in [2.05, 4.69) is 53.4 Å². The highest BCUT2D eigenvalue weighted by Gasteiger charge is 2.02. The quantitative estimate of drug-likeness (QED) is 0.840. The minimum Gasteiger partial charge on any atom is -0.378 e. The lowest BCUT2D eigenvalue weighted by atomic mass is 10.2. The number of rotatable bonds is 6. The maximum atomic E-state index is 4.48. The molecule has 0 aliphatic heterocycles. The number of imidazole rings is 1. The molecule has 2 N–H and O–H groups in total. The molecule has 0 amide bonds. The highest BCUT2D eigenvalue weighted by atomic mass is 32.2. The molecule has 102 valence electrons. The average Bonchev–Trinajstić information content (AvgIpc) is 2.74. The van der Waals surface area contributed by atoms with E-state index < -0.39 is 0 Å². The van der Waals surface area contributed by atoms with Gasteiger partial charge in [-0.15, -0.1) is 0 Å². The van der Waals surface area contributed by atoms with E-state index in [0.717, 1.165) is 41.0 Å². The molecular formula is C15H21N3S. The van der Waals surface area contributed by atoms with Gasteiger partial charge in [-0.25, -0.2) is 4.98 Å². The van der Waals surface area contributed by atoms with Gasteiger partial charge in [-0.3, -0.25) is 0 Å². The standard InChI is InChI=1S/C15H21N3S/c1-4-19-10-13-6-5-7-14(8-13)16-9-15-17-11(2)12(3)18-15/h5-8,16H,4,9-10H2,1-3H3,(H,17,18). The first-order chi connectivity index (χ1) is 9.19. The summed E-state index contributed by atoms with van der Waals surface area (Å²) < 4.78 is 0. The van der Waals surface area contributed by atoms with Crippen LogP contribution in [0, 0.1) is 13.8 Å². The average molecular weight is 275 g/mol. The van der Waals surface area contributed by atoms with E-state index in [1.54, 1.807) is 0 Å². The Hall–Kier alpha value is -1.42. The van der Waals surface area contributed by atoms with Crippen LogP contribution >= 0.6 is 11.8 Å². The lowest BCUT2D eigenvalue weighted by molar-refractivity contribution is 0.987. The Kier molecular flexibility index (Phi) is 4.91. The Bertz CT molecular complexity index is 514. The van der Waals surface area contributed by atoms with Crippen molar-refractivity contribution < 1.29 is 0 Å². The van der Waals surface area contributed by atoms with Crippen molar-refractivity contribution in [2.24, 2.45) is 0 Å². The molecular weight excluding hydrogens is 254 g/mol. The van der Waals surface area contributed by atoms with Crippen LogP contribution < -0.4 is 5.32 Å². The van der Waals surface area contributed by atoms with E-state index in [9.17, 15) is 0 Å². The molecule has 0 aliphatic carbocycles. The minimum atomic E-state index is 0.735. The molecule has 3 nitrogen and oxygen atoms in total. The largest absolute Gasteiger partial charge is 0.378 e. The number of hydrogen-bond donors (Lipinski definition) is 2. The van der Waals surface area contributed by atoms with E-state index >= 15 is 0 Å². The molecule has 0 saturated heterocycles. The van der Waals surface area contributed by atoms with Gasteiger partial charge in [0, 0.05) is 17.1 Å². The summed E-state index contributed by atoms with van der Waals surface area (Å²) in [5, 5.41) is 3.42. The predicted molar refractivity (Wildman–Crippen MR) is 83.7 cm³/mol. The lowest BCUT2D eigenvalue weighted by Gasteiger charge is -2.07. The van der Waals surface area contributed by atoms with Gasteiger partial charge in [0.2, 0.25) is 0 Å². The van der Waals surface area contributed by atoms with Crippen LogP contribution in [-0.2, 0) is 12.3 Å². The van der Waals surface area contributed by atoms with Crippen molar-refractivity contribution in [3.63, 3.8) is 0 Å². The third kappa shape index (κ3) is 4.03. The van der Waals surface area contributed by atoms with Crippen molar-refractivity contribution in [1.82, 2.24) is 9.97 Å². The Labute approximate surface area is 119 Å². The number of nitrogens with one attached hydrogen (secondary N) is 2. The second-order valence-corrected chi connectivity index (χ2v) is 5.86. The van der Waals surface area contributed by atoms with Crippen LogP contribution in [0.2, 0.25) is 0 Å². The van der Waals surface area contributed by atoms with Crippen molar-refractivity contribution in [3.8, 4) is 0 Å². The number of thioether (sulfide) groups is 1. The third-order valence-corrected chi connectivity index (χ3v) is 3.98. The highest BCUT2D eigenvalue weighted by Crippen LogP contribution is 2.17. The number of nitrogens with zero attached hydrogens (tertiary/aromatic N) is 1. The van der Waals surface area contributed by atoms with Gasteiger partial charge in [0.25, 0.3) is 0 Å². The third-order valence-electron chi connectivity index (χ3n) is 3.04. The molecule has 0 radical (unpaired) electrons. The smallest absolute Gasteiger partial charge is 0.125 e. The van der Waals surface area contributed by atoms with Crippen LogP contribution in [0.15, 0.2) is 24.3 Å². The van der Waals surface area contributed by atoms with Gasteiger partial charge in [0.05, 0.1) is 12.2 Å². The molecule has 0 bridgehead atoms. The van der Waals surface area contributed by atoms with Gasteiger partial charge < -0.3 is 10.3 Å². The Balaban J connectivity index is 1.95. The predicted octanol–water partition coefficient (Wildman–Crippen LogP) is 3.89. The van der Waals surface area contributed by atoms with E-state index in [0.29, 0.717) is 0 Å². The zero-order valence-electron chi connectivity index (χ0n) is 11.8. The molecule has 2 aromatic rings. The van der Waals surface area contributed by atoms with Crippen LogP contribution in [0.25, 0.3) is 0 Å². The molecule has 1 heterocycles. The van der Waals surface area contributed by atoms with Gasteiger partial charge in [0.15, 0.2) is 0 Å². The van der Waals surface area contributed by atoms with E-state index in [1.807, 2.05) is 18.7 Å². The number of anilines is 1. The van der Waals surface area contributed by atoms with Crippen LogP contribution in [0.1, 0.15) is 29.7 Å². The molecule has 4 heteroatoms. The van der Waals surface area contributed by atoms with E-state index in [1.165, 1.54) is 5.56 Å². The maximum Gasteiger partial charge on any atom is 0.125 e. The van der Waals surface area contributed by atoms with Crippen LogP contribution in [0.4, 0.5) is 5.69 Å². The van der Waals surface area contributed by atoms with Crippen molar-refractivity contribution >= 4 is 17.4 Å². The second kappa shape index (κ2) is 6.66. The van der Waals surface area contributed by atoms with Crippen LogP contribution in [0.5, 0.6) is 0 Å². The van der Waals surface area contributed by atoms with Gasteiger partial charge in [-0.05, 0) is 37.3 Å². The molecule has 1 aromatic carbocycles. The first-order valence-corrected chi connectivity index (χ1v) is 7.77. The fourth-order valence-corrected chi connectivity index (χ4v) is 2.50. The number of H-pyrrole nitrogens is 1. The van der Waals surface area contributed by atoms with Crippen molar-refractivity contribution in [2.75, 3.05) is 11.1 Å². The Morgan fingerprint density at radius 3 is 2.84 bits per heavy atom. The summed E-state index contributed by atoms with van der Waals surface area (Å²) in [6.07, 6.45) is 0. The van der Waals surface area contributed by atoms with Gasteiger partial charge in [-0.2, -0.15) is 11.8 Å². The van der Waals surface area contributed by atoms with Crippen LogP contribution in [-0.4, -0.2) is 15.7 Å². The summed E-state index contributed by atoms with van der Waals surface area (Å²) in [5.74, 6) is 3.22. The monoisotopic (exact) mass is 275 g/mol. The van der Waals surface area contributed by atoms with Crippen molar-refractivity contribution in [2.45, 2.75) is 33.1 Å². The van der Waals surface area contributed by atoms with Gasteiger partial charge in [-0.1, -0.05) is 19.1 Å². The number of aromatic amines is 1. The first kappa shape index (κ1) is 14.0. The van der Waals surface area contributed by atoms with Crippen molar-refractivity contribution in [1.29, 1.82) is 0 Å². The molecule has 0 aliphatic rings. The number of aromatic nitrogens is 2. The zero-order chi connectivity index (χ0) is 13.7. The lowest BCUT2D eigenvalue weighted by Crippen LogP contribution is -2.01. The number of aryl methyl sites for hydroxylation is 2. The first-order valence-electron chi connectivity index (χ1n) is 6.61. The maximum absolute atomic E-state index is 4.48. The van der Waals surface area contributed by atoms with E-state index in [4.69, 9.17) is 0 Å². The molecule has 0 fully saturated rings. The topological polar surface area (TPSA) is 40.7 Å². The fraction of sp³-hybridized carbons (Fsp3) is 0.400. The molecule has 0 saturated carbocycles. The number of hydrogen-bond acceptors (Lipinski definition) is 3. The molecule has 2 rings (SSSR count). The molecule has 0 unspecified atom stereocenters.